The first kappa shape index (κ1) is 8.30. The van der Waals surface area contributed by atoms with E-state index in [1.807, 2.05) is 6.92 Å². The van der Waals surface area contributed by atoms with Crippen LogP contribution in [0.4, 0.5) is 0 Å². The maximum atomic E-state index is 9.41. The second-order valence-electron chi connectivity index (χ2n) is 2.74. The summed E-state index contributed by atoms with van der Waals surface area (Å²) in [6.45, 7) is 1.85. The van der Waals surface area contributed by atoms with E-state index in [9.17, 15) is 5.11 Å². The lowest BCUT2D eigenvalue weighted by molar-refractivity contribution is 0.134. The molecule has 1 aromatic rings. The third-order valence-corrected chi connectivity index (χ3v) is 1.47. The summed E-state index contributed by atoms with van der Waals surface area (Å²) < 4.78 is 4.99. The monoisotopic (exact) mass is 155 g/mol. The summed E-state index contributed by atoms with van der Waals surface area (Å²) >= 11 is 0. The van der Waals surface area contributed by atoms with Crippen LogP contribution in [0.1, 0.15) is 25.2 Å². The van der Waals surface area contributed by atoms with Gasteiger partial charge >= 0.3 is 0 Å². The first-order valence-corrected chi connectivity index (χ1v) is 3.67. The molecule has 2 atom stereocenters. The molecule has 0 aliphatic rings. The average molecular weight is 155 g/mol. The van der Waals surface area contributed by atoms with Gasteiger partial charge in [-0.1, -0.05) is 0 Å². The molecular weight excluding hydrogens is 142 g/mol. The maximum Gasteiger partial charge on any atom is 0.132 e. The number of hydrogen-bond donors (Lipinski definition) is 2. The minimum absolute atomic E-state index is 0.00454. The van der Waals surface area contributed by atoms with Crippen LogP contribution in [0.2, 0.25) is 0 Å². The fourth-order valence-electron chi connectivity index (χ4n) is 0.949. The minimum Gasteiger partial charge on any atom is -0.467 e. The molecule has 1 aromatic heterocycles. The summed E-state index contributed by atoms with van der Waals surface area (Å²) in [5, 5.41) is 9.41. The molecule has 0 saturated carbocycles. The second kappa shape index (κ2) is 3.55. The predicted octanol–water partition coefficient (Wildman–Crippen LogP) is 1.05. The number of aliphatic hydroxyl groups excluding tert-OH is 1. The van der Waals surface area contributed by atoms with Gasteiger partial charge in [-0.15, -0.1) is 0 Å². The highest BCUT2D eigenvalue weighted by molar-refractivity contribution is 5.01. The third kappa shape index (κ3) is 2.37. The number of rotatable bonds is 3. The first-order chi connectivity index (χ1) is 5.20. The standard InChI is InChI=1S/C8H13NO2/c1-6(9)5-7(10)8-3-2-4-11-8/h2-4,6-7,10H,5,9H2,1H3. The van der Waals surface area contributed by atoms with Gasteiger partial charge in [0.1, 0.15) is 11.9 Å². The van der Waals surface area contributed by atoms with Gasteiger partial charge in [-0.2, -0.15) is 0 Å². The van der Waals surface area contributed by atoms with E-state index in [-0.39, 0.29) is 6.04 Å². The average Bonchev–Trinajstić information content (AvgIpc) is 2.35. The van der Waals surface area contributed by atoms with Crippen LogP contribution in [0.5, 0.6) is 0 Å². The highest BCUT2D eigenvalue weighted by Crippen LogP contribution is 2.17. The molecule has 2 unspecified atom stereocenters. The summed E-state index contributed by atoms with van der Waals surface area (Å²) in [5.41, 5.74) is 5.50. The van der Waals surface area contributed by atoms with Crippen LogP contribution in [-0.4, -0.2) is 11.1 Å². The molecule has 0 fully saturated rings. The molecule has 0 bridgehead atoms. The quantitative estimate of drug-likeness (QED) is 0.685. The largest absolute Gasteiger partial charge is 0.467 e. The topological polar surface area (TPSA) is 59.4 Å². The highest BCUT2D eigenvalue weighted by atomic mass is 16.4. The van der Waals surface area contributed by atoms with Crippen molar-refractivity contribution >= 4 is 0 Å². The fraction of sp³-hybridized carbons (Fsp3) is 0.500. The van der Waals surface area contributed by atoms with E-state index in [1.165, 1.54) is 0 Å². The van der Waals surface area contributed by atoms with Crippen molar-refractivity contribution in [3.05, 3.63) is 24.2 Å². The van der Waals surface area contributed by atoms with E-state index in [0.29, 0.717) is 12.2 Å². The van der Waals surface area contributed by atoms with Gasteiger partial charge in [0.25, 0.3) is 0 Å². The normalized spacial score (nSPS) is 16.3. The van der Waals surface area contributed by atoms with Gasteiger partial charge in [0.05, 0.1) is 6.26 Å². The van der Waals surface area contributed by atoms with Crippen LogP contribution in [0.3, 0.4) is 0 Å². The van der Waals surface area contributed by atoms with Crippen molar-refractivity contribution in [2.45, 2.75) is 25.5 Å². The van der Waals surface area contributed by atoms with Crippen molar-refractivity contribution in [2.24, 2.45) is 5.73 Å². The van der Waals surface area contributed by atoms with Gasteiger partial charge in [0.2, 0.25) is 0 Å². The summed E-state index contributed by atoms with van der Waals surface area (Å²) in [5.74, 6) is 0.585. The van der Waals surface area contributed by atoms with Crippen molar-refractivity contribution in [3.8, 4) is 0 Å². The Morgan fingerprint density at radius 3 is 2.91 bits per heavy atom. The third-order valence-electron chi connectivity index (χ3n) is 1.47. The van der Waals surface area contributed by atoms with Gasteiger partial charge in [0.15, 0.2) is 0 Å². The molecule has 1 heterocycles. The summed E-state index contributed by atoms with van der Waals surface area (Å²) in [6, 6.07) is 3.49. The van der Waals surface area contributed by atoms with E-state index in [4.69, 9.17) is 10.2 Å². The second-order valence-corrected chi connectivity index (χ2v) is 2.74. The number of nitrogens with two attached hydrogens (primary N) is 1. The molecular formula is C8H13NO2. The highest BCUT2D eigenvalue weighted by Gasteiger charge is 2.11. The molecule has 0 aromatic carbocycles. The van der Waals surface area contributed by atoms with Crippen molar-refractivity contribution in [1.82, 2.24) is 0 Å². The Balaban J connectivity index is 2.49. The summed E-state index contributed by atoms with van der Waals surface area (Å²) in [7, 11) is 0. The first-order valence-electron chi connectivity index (χ1n) is 3.67. The summed E-state index contributed by atoms with van der Waals surface area (Å²) in [6.07, 6.45) is 1.51. The zero-order chi connectivity index (χ0) is 8.27. The van der Waals surface area contributed by atoms with E-state index in [1.54, 1.807) is 18.4 Å². The number of furan rings is 1. The molecule has 0 radical (unpaired) electrons. The molecule has 0 spiro atoms. The maximum absolute atomic E-state index is 9.41. The van der Waals surface area contributed by atoms with E-state index in [2.05, 4.69) is 0 Å². The molecule has 1 rings (SSSR count). The number of hydrogen-bond acceptors (Lipinski definition) is 3. The van der Waals surface area contributed by atoms with Crippen molar-refractivity contribution < 1.29 is 9.52 Å². The van der Waals surface area contributed by atoms with Crippen LogP contribution < -0.4 is 5.73 Å². The SMILES string of the molecule is CC(N)CC(O)c1ccco1. The van der Waals surface area contributed by atoms with Crippen LogP contribution in [0, 0.1) is 0 Å². The van der Waals surface area contributed by atoms with Gasteiger partial charge in [-0.05, 0) is 25.5 Å². The predicted molar refractivity (Wildman–Crippen MR) is 41.9 cm³/mol. The lowest BCUT2D eigenvalue weighted by Gasteiger charge is -2.09. The Labute approximate surface area is 65.8 Å². The Morgan fingerprint density at radius 1 is 1.73 bits per heavy atom. The van der Waals surface area contributed by atoms with Gasteiger partial charge in [-0.3, -0.25) is 0 Å². The summed E-state index contributed by atoms with van der Waals surface area (Å²) in [4.78, 5) is 0. The number of aliphatic hydroxyl groups is 1. The van der Waals surface area contributed by atoms with E-state index >= 15 is 0 Å². The molecule has 0 aliphatic heterocycles. The van der Waals surface area contributed by atoms with Crippen LogP contribution in [0.15, 0.2) is 22.8 Å². The molecule has 11 heavy (non-hydrogen) atoms. The Bertz CT molecular complexity index is 194. The molecule has 0 aliphatic carbocycles. The van der Waals surface area contributed by atoms with Crippen LogP contribution >= 0.6 is 0 Å². The zero-order valence-corrected chi connectivity index (χ0v) is 6.53. The fourth-order valence-corrected chi connectivity index (χ4v) is 0.949. The van der Waals surface area contributed by atoms with Crippen molar-refractivity contribution in [2.75, 3.05) is 0 Å². The Morgan fingerprint density at radius 2 is 2.45 bits per heavy atom. The molecule has 3 heteroatoms. The van der Waals surface area contributed by atoms with Crippen molar-refractivity contribution in [1.29, 1.82) is 0 Å². The Hall–Kier alpha value is -0.800. The van der Waals surface area contributed by atoms with E-state index in [0.717, 1.165) is 0 Å². The minimum atomic E-state index is -0.565. The van der Waals surface area contributed by atoms with Crippen LogP contribution in [-0.2, 0) is 0 Å². The van der Waals surface area contributed by atoms with Crippen LogP contribution in [0.25, 0.3) is 0 Å². The smallest absolute Gasteiger partial charge is 0.132 e. The van der Waals surface area contributed by atoms with Gasteiger partial charge < -0.3 is 15.3 Å². The lowest BCUT2D eigenvalue weighted by Crippen LogP contribution is -2.18. The molecule has 3 nitrogen and oxygen atoms in total. The molecule has 62 valence electrons. The van der Waals surface area contributed by atoms with Gasteiger partial charge in [-0.25, -0.2) is 0 Å². The zero-order valence-electron chi connectivity index (χ0n) is 6.53. The van der Waals surface area contributed by atoms with Crippen molar-refractivity contribution in [3.63, 3.8) is 0 Å². The molecule has 0 amide bonds. The molecule has 3 N–H and O–H groups in total. The Kier molecular flexibility index (Phi) is 2.68. The van der Waals surface area contributed by atoms with Gasteiger partial charge in [0, 0.05) is 6.04 Å². The lowest BCUT2D eigenvalue weighted by atomic mass is 10.1. The van der Waals surface area contributed by atoms with E-state index < -0.39 is 6.10 Å². The molecule has 0 saturated heterocycles.